The zero-order valence-corrected chi connectivity index (χ0v) is 20.9. The van der Waals surface area contributed by atoms with Gasteiger partial charge >= 0.3 is 0 Å². The van der Waals surface area contributed by atoms with Crippen LogP contribution in [0.4, 0.5) is 5.69 Å². The standard InChI is InChI=1S/C18H17BrCl2N2O2.C6H5Cl/c19-13-3-1-2-12(10-13)17(24)18(25)23-8-6-22(7-9-23)16-5-4-14(20)11-15(16)21;7-6-4-2-1-3-5-6/h1-5,10-11,17,24H,6-9H2;1-5H. The minimum Gasteiger partial charge on any atom is -0.378 e. The van der Waals surface area contributed by atoms with Crippen LogP contribution in [0.1, 0.15) is 11.7 Å². The first-order chi connectivity index (χ1) is 15.3. The summed E-state index contributed by atoms with van der Waals surface area (Å²) in [6.45, 7) is 2.36. The van der Waals surface area contributed by atoms with E-state index in [1.807, 2.05) is 42.5 Å². The quantitative estimate of drug-likeness (QED) is 0.402. The molecule has 0 spiro atoms. The van der Waals surface area contributed by atoms with Gasteiger partial charge in [-0.3, -0.25) is 4.79 Å². The first-order valence-electron chi connectivity index (χ1n) is 9.98. The van der Waals surface area contributed by atoms with Crippen LogP contribution in [-0.2, 0) is 4.79 Å². The zero-order chi connectivity index (χ0) is 23.1. The molecule has 1 heterocycles. The van der Waals surface area contributed by atoms with E-state index in [0.717, 1.165) is 15.2 Å². The summed E-state index contributed by atoms with van der Waals surface area (Å²) >= 11 is 21.1. The van der Waals surface area contributed by atoms with Gasteiger partial charge in [0.2, 0.25) is 0 Å². The first kappa shape index (κ1) is 24.9. The van der Waals surface area contributed by atoms with Gasteiger partial charge in [-0.2, -0.15) is 0 Å². The molecule has 1 N–H and O–H groups in total. The van der Waals surface area contributed by atoms with E-state index in [-0.39, 0.29) is 5.91 Å². The van der Waals surface area contributed by atoms with Gasteiger partial charge in [0, 0.05) is 40.7 Å². The fourth-order valence-corrected chi connectivity index (χ4v) is 4.40. The van der Waals surface area contributed by atoms with Crippen molar-refractivity contribution in [2.45, 2.75) is 6.10 Å². The van der Waals surface area contributed by atoms with Gasteiger partial charge in [-0.25, -0.2) is 0 Å². The smallest absolute Gasteiger partial charge is 0.256 e. The van der Waals surface area contributed by atoms with Crippen LogP contribution < -0.4 is 4.90 Å². The predicted molar refractivity (Wildman–Crippen MR) is 136 cm³/mol. The Morgan fingerprint density at radius 1 is 0.844 bits per heavy atom. The molecule has 1 amide bonds. The average Bonchev–Trinajstić information content (AvgIpc) is 2.79. The van der Waals surface area contributed by atoms with Gasteiger partial charge in [0.1, 0.15) is 0 Å². The number of nitrogens with zero attached hydrogens (tertiary/aromatic N) is 2. The van der Waals surface area contributed by atoms with Gasteiger partial charge in [0.05, 0.1) is 10.7 Å². The molecule has 0 aromatic heterocycles. The molecule has 1 fully saturated rings. The molecule has 168 valence electrons. The fourth-order valence-electron chi connectivity index (χ4n) is 3.31. The van der Waals surface area contributed by atoms with E-state index in [1.54, 1.807) is 35.2 Å². The molecule has 0 saturated carbocycles. The lowest BCUT2D eigenvalue weighted by Crippen LogP contribution is -2.50. The lowest BCUT2D eigenvalue weighted by molar-refractivity contribution is -0.140. The Bertz CT molecular complexity index is 1040. The number of anilines is 1. The van der Waals surface area contributed by atoms with Crippen LogP contribution in [0.15, 0.2) is 77.3 Å². The van der Waals surface area contributed by atoms with Crippen molar-refractivity contribution < 1.29 is 9.90 Å². The van der Waals surface area contributed by atoms with Crippen molar-refractivity contribution in [2.75, 3.05) is 31.1 Å². The molecule has 4 nitrogen and oxygen atoms in total. The fraction of sp³-hybridized carbons (Fsp3) is 0.208. The maximum atomic E-state index is 12.6. The summed E-state index contributed by atoms with van der Waals surface area (Å²) in [5, 5.41) is 12.4. The normalized spacial score (nSPS) is 14.4. The number of piperazine rings is 1. The molecule has 0 aliphatic carbocycles. The Morgan fingerprint density at radius 2 is 1.53 bits per heavy atom. The van der Waals surface area contributed by atoms with E-state index in [2.05, 4.69) is 20.8 Å². The molecule has 3 aromatic rings. The number of hydrogen-bond acceptors (Lipinski definition) is 3. The van der Waals surface area contributed by atoms with Crippen LogP contribution in [0, 0.1) is 0 Å². The van der Waals surface area contributed by atoms with Gasteiger partial charge in [0.15, 0.2) is 6.10 Å². The van der Waals surface area contributed by atoms with Crippen LogP contribution in [0.25, 0.3) is 0 Å². The lowest BCUT2D eigenvalue weighted by atomic mass is 10.1. The average molecular weight is 557 g/mol. The largest absolute Gasteiger partial charge is 0.378 e. The van der Waals surface area contributed by atoms with Gasteiger partial charge in [-0.05, 0) is 48.0 Å². The first-order valence-corrected chi connectivity index (χ1v) is 11.9. The molecule has 32 heavy (non-hydrogen) atoms. The third kappa shape index (κ3) is 6.87. The highest BCUT2D eigenvalue weighted by atomic mass is 79.9. The number of amides is 1. The van der Waals surface area contributed by atoms with Crippen LogP contribution in [0.3, 0.4) is 0 Å². The predicted octanol–water partition coefficient (Wildman–Crippen LogP) is 6.48. The topological polar surface area (TPSA) is 43.8 Å². The Morgan fingerprint density at radius 3 is 2.09 bits per heavy atom. The van der Waals surface area contributed by atoms with Crippen LogP contribution >= 0.6 is 50.7 Å². The minimum atomic E-state index is -1.15. The molecule has 8 heteroatoms. The highest BCUT2D eigenvalue weighted by molar-refractivity contribution is 9.10. The van der Waals surface area contributed by atoms with Gasteiger partial charge in [-0.1, -0.05) is 81.1 Å². The zero-order valence-electron chi connectivity index (χ0n) is 17.1. The Labute approximate surface area is 211 Å². The second-order valence-corrected chi connectivity index (χ2v) is 9.36. The number of benzene rings is 3. The molecular weight excluding hydrogens is 535 g/mol. The highest BCUT2D eigenvalue weighted by Crippen LogP contribution is 2.30. The summed E-state index contributed by atoms with van der Waals surface area (Å²) in [4.78, 5) is 16.4. The van der Waals surface area contributed by atoms with E-state index in [9.17, 15) is 9.90 Å². The number of aliphatic hydroxyl groups is 1. The summed E-state index contributed by atoms with van der Waals surface area (Å²) in [6, 6.07) is 22.0. The van der Waals surface area contributed by atoms with Crippen LogP contribution in [0.5, 0.6) is 0 Å². The monoisotopic (exact) mass is 554 g/mol. The third-order valence-electron chi connectivity index (χ3n) is 4.97. The summed E-state index contributed by atoms with van der Waals surface area (Å²) in [7, 11) is 0. The molecule has 1 atom stereocenters. The second-order valence-electron chi connectivity index (χ2n) is 7.16. The number of rotatable bonds is 3. The molecular formula is C24H22BrCl3N2O2. The molecule has 0 radical (unpaired) electrons. The van der Waals surface area contributed by atoms with E-state index in [4.69, 9.17) is 34.8 Å². The number of aliphatic hydroxyl groups excluding tert-OH is 1. The molecule has 1 unspecified atom stereocenters. The Kier molecular flexibility index (Phi) is 9.26. The van der Waals surface area contributed by atoms with Crippen molar-refractivity contribution >= 4 is 62.3 Å². The van der Waals surface area contributed by atoms with Crippen LogP contribution in [0.2, 0.25) is 15.1 Å². The van der Waals surface area contributed by atoms with Crippen molar-refractivity contribution in [1.82, 2.24) is 4.90 Å². The summed E-state index contributed by atoms with van der Waals surface area (Å²) < 4.78 is 0.832. The summed E-state index contributed by atoms with van der Waals surface area (Å²) in [5.74, 6) is -0.278. The van der Waals surface area contributed by atoms with E-state index < -0.39 is 6.10 Å². The minimum absolute atomic E-state index is 0.278. The van der Waals surface area contributed by atoms with Crippen molar-refractivity contribution in [3.63, 3.8) is 0 Å². The molecule has 1 aliphatic heterocycles. The Hall–Kier alpha value is -1.76. The molecule has 3 aromatic carbocycles. The summed E-state index contributed by atoms with van der Waals surface area (Å²) in [6.07, 6.45) is -1.15. The van der Waals surface area contributed by atoms with Crippen molar-refractivity contribution in [1.29, 1.82) is 0 Å². The van der Waals surface area contributed by atoms with Crippen molar-refractivity contribution in [2.24, 2.45) is 0 Å². The van der Waals surface area contributed by atoms with Crippen molar-refractivity contribution in [3.05, 3.63) is 97.9 Å². The van der Waals surface area contributed by atoms with Gasteiger partial charge in [0.25, 0.3) is 5.91 Å². The lowest BCUT2D eigenvalue weighted by Gasteiger charge is -2.37. The van der Waals surface area contributed by atoms with Gasteiger partial charge in [-0.15, -0.1) is 0 Å². The van der Waals surface area contributed by atoms with E-state index >= 15 is 0 Å². The third-order valence-corrected chi connectivity index (χ3v) is 6.26. The summed E-state index contributed by atoms with van der Waals surface area (Å²) in [5.41, 5.74) is 1.49. The molecule has 4 rings (SSSR count). The molecule has 1 aliphatic rings. The van der Waals surface area contributed by atoms with Crippen LogP contribution in [-0.4, -0.2) is 42.1 Å². The maximum absolute atomic E-state index is 12.6. The number of halogens is 4. The van der Waals surface area contributed by atoms with E-state index in [1.165, 1.54) is 0 Å². The van der Waals surface area contributed by atoms with Gasteiger partial charge < -0.3 is 14.9 Å². The SMILES string of the molecule is Clc1ccccc1.O=C(C(O)c1cccc(Br)c1)N1CCN(c2ccc(Cl)cc2Cl)CC1. The molecule has 0 bridgehead atoms. The number of carbonyl (C=O) groups excluding carboxylic acids is 1. The Balaban J connectivity index is 0.000000352. The van der Waals surface area contributed by atoms with E-state index in [0.29, 0.717) is 41.8 Å². The highest BCUT2D eigenvalue weighted by Gasteiger charge is 2.27. The maximum Gasteiger partial charge on any atom is 0.256 e. The number of hydrogen-bond donors (Lipinski definition) is 1. The number of carbonyl (C=O) groups is 1. The second kappa shape index (κ2) is 11.9. The molecule has 1 saturated heterocycles. The van der Waals surface area contributed by atoms with Crippen molar-refractivity contribution in [3.8, 4) is 0 Å².